The van der Waals surface area contributed by atoms with Gasteiger partial charge in [-0.15, -0.1) is 0 Å². The summed E-state index contributed by atoms with van der Waals surface area (Å²) in [5.74, 6) is 0.522. The molecule has 3 rings (SSSR count). The fourth-order valence-corrected chi connectivity index (χ4v) is 2.86. The molecule has 154 valence electrons. The number of carbonyl (C=O) groups is 2. The smallest absolute Gasteiger partial charge is 0.250 e. The number of hydrogen-bond donors (Lipinski definition) is 1. The van der Waals surface area contributed by atoms with E-state index < -0.39 is 5.92 Å². The Balaban J connectivity index is 1.54. The van der Waals surface area contributed by atoms with Gasteiger partial charge in [-0.2, -0.15) is 5.10 Å². The molecule has 1 amide bonds. The average Bonchev–Trinajstić information content (AvgIpc) is 2.80. The molecule has 30 heavy (non-hydrogen) atoms. The van der Waals surface area contributed by atoms with E-state index in [9.17, 15) is 9.59 Å². The van der Waals surface area contributed by atoms with Crippen LogP contribution in [0.2, 0.25) is 0 Å². The van der Waals surface area contributed by atoms with E-state index in [1.165, 1.54) is 6.21 Å². The van der Waals surface area contributed by atoms with Crippen molar-refractivity contribution in [3.8, 4) is 11.5 Å². The number of methoxy groups -OCH3 is 2. The van der Waals surface area contributed by atoms with Gasteiger partial charge in [-0.3, -0.25) is 9.59 Å². The fourth-order valence-electron chi connectivity index (χ4n) is 2.86. The Kier molecular flexibility index (Phi) is 7.00. The topological polar surface area (TPSA) is 80.2 Å². The van der Waals surface area contributed by atoms with Crippen LogP contribution in [0.5, 0.6) is 11.5 Å². The minimum absolute atomic E-state index is 0.00429. The molecule has 0 aromatic heterocycles. The first-order valence-corrected chi connectivity index (χ1v) is 9.36. The van der Waals surface area contributed by atoms with E-state index >= 15 is 0 Å². The van der Waals surface area contributed by atoms with Crippen LogP contribution in [-0.2, 0) is 4.79 Å². The molecule has 7 heteroatoms. The maximum absolute atomic E-state index is 12.3. The molecule has 7 nitrogen and oxygen atoms in total. The normalized spacial score (nSPS) is 13.5. The number of rotatable bonds is 8. The molecule has 1 N–H and O–H groups in total. The number of carbonyl (C=O) groups excluding carboxylic acids is 2. The van der Waals surface area contributed by atoms with Gasteiger partial charge in [-0.1, -0.05) is 42.5 Å². The van der Waals surface area contributed by atoms with Crippen LogP contribution in [0.25, 0.3) is 0 Å². The van der Waals surface area contributed by atoms with E-state index in [2.05, 4.69) is 10.5 Å². The maximum atomic E-state index is 12.3. The summed E-state index contributed by atoms with van der Waals surface area (Å²) in [7, 11) is 3.13. The molecule has 2 aromatic rings. The molecule has 2 aromatic carbocycles. The number of nitrogens with zero attached hydrogens (tertiary/aromatic N) is 2. The van der Waals surface area contributed by atoms with Crippen molar-refractivity contribution in [1.29, 1.82) is 0 Å². The first kappa shape index (κ1) is 20.9. The van der Waals surface area contributed by atoms with Crippen molar-refractivity contribution in [1.82, 2.24) is 10.3 Å². The number of Topliss-reactive ketones (excluding diaryl/α,β-unsaturated/α-hetero) is 1. The largest absolute Gasteiger partial charge is 0.497 e. The van der Waals surface area contributed by atoms with Gasteiger partial charge >= 0.3 is 0 Å². The number of ketones is 1. The number of benzene rings is 2. The summed E-state index contributed by atoms with van der Waals surface area (Å²) in [5, 5.41) is 4.01. The molecule has 1 aliphatic heterocycles. The van der Waals surface area contributed by atoms with E-state index in [1.807, 2.05) is 18.2 Å². The number of hydrazone groups is 1. The van der Waals surface area contributed by atoms with Crippen molar-refractivity contribution >= 4 is 17.9 Å². The van der Waals surface area contributed by atoms with E-state index in [4.69, 9.17) is 9.47 Å². The third kappa shape index (κ3) is 5.35. The van der Waals surface area contributed by atoms with Gasteiger partial charge in [0.2, 0.25) is 0 Å². The van der Waals surface area contributed by atoms with Gasteiger partial charge in [0.25, 0.3) is 5.91 Å². The SMILES string of the molecule is COc1ccc(OC)c(/C=N/NC(=O)C2C=CN(CC(=O)c3ccccc3)C=C2)c1. The van der Waals surface area contributed by atoms with Crippen LogP contribution in [0, 0.1) is 5.92 Å². The number of nitrogens with one attached hydrogen (secondary N) is 1. The number of hydrogen-bond acceptors (Lipinski definition) is 6. The molecule has 1 heterocycles. The standard InChI is InChI=1S/C23H23N3O4/c1-29-20-8-9-22(30-2)19(14-20)15-24-25-23(28)18-10-12-26(13-11-18)16-21(27)17-6-4-3-5-7-17/h3-15,18H,16H2,1-2H3,(H,25,28)/b24-15+. The molecule has 1 aliphatic rings. The summed E-state index contributed by atoms with van der Waals surface area (Å²) in [5.41, 5.74) is 3.85. The van der Waals surface area contributed by atoms with Crippen LogP contribution < -0.4 is 14.9 Å². The molecule has 0 aliphatic carbocycles. The van der Waals surface area contributed by atoms with Crippen molar-refractivity contribution < 1.29 is 19.1 Å². The minimum Gasteiger partial charge on any atom is -0.497 e. The highest BCUT2D eigenvalue weighted by atomic mass is 16.5. The van der Waals surface area contributed by atoms with Crippen LogP contribution in [0.4, 0.5) is 0 Å². The average molecular weight is 405 g/mol. The Hall–Kier alpha value is -3.87. The maximum Gasteiger partial charge on any atom is 0.250 e. The molecular formula is C23H23N3O4. The monoisotopic (exact) mass is 405 g/mol. The molecule has 0 saturated heterocycles. The Morgan fingerprint density at radius 2 is 1.80 bits per heavy atom. The van der Waals surface area contributed by atoms with E-state index in [0.29, 0.717) is 22.6 Å². The fraction of sp³-hybridized carbons (Fsp3) is 0.174. The zero-order valence-electron chi connectivity index (χ0n) is 16.8. The molecule has 0 atom stereocenters. The molecule has 0 bridgehead atoms. The summed E-state index contributed by atoms with van der Waals surface area (Å²) < 4.78 is 10.5. The summed E-state index contributed by atoms with van der Waals surface area (Å²) in [4.78, 5) is 26.4. The van der Waals surface area contributed by atoms with Crippen LogP contribution >= 0.6 is 0 Å². The van der Waals surface area contributed by atoms with Gasteiger partial charge in [0.1, 0.15) is 11.5 Å². The Bertz CT molecular complexity index is 969. The number of ether oxygens (including phenoxy) is 2. The molecule has 0 radical (unpaired) electrons. The van der Waals surface area contributed by atoms with Crippen molar-refractivity contribution in [2.45, 2.75) is 0 Å². The second kappa shape index (κ2) is 10.1. The Labute approximate surface area is 175 Å². The zero-order chi connectivity index (χ0) is 21.3. The lowest BCUT2D eigenvalue weighted by Gasteiger charge is -2.20. The molecule has 0 saturated carbocycles. The third-order valence-corrected chi connectivity index (χ3v) is 4.51. The van der Waals surface area contributed by atoms with Gasteiger partial charge < -0.3 is 14.4 Å². The van der Waals surface area contributed by atoms with Crippen LogP contribution in [-0.4, -0.2) is 43.6 Å². The summed E-state index contributed by atoms with van der Waals surface area (Å²) in [6.45, 7) is 0.207. The van der Waals surface area contributed by atoms with Crippen molar-refractivity contribution in [2.75, 3.05) is 20.8 Å². The highest BCUT2D eigenvalue weighted by Crippen LogP contribution is 2.22. The molecule has 0 unspecified atom stereocenters. The van der Waals surface area contributed by atoms with Gasteiger partial charge in [-0.05, 0) is 18.2 Å². The van der Waals surface area contributed by atoms with E-state index in [-0.39, 0.29) is 18.2 Å². The number of amides is 1. The summed E-state index contributed by atoms with van der Waals surface area (Å²) in [6.07, 6.45) is 8.38. The second-order valence-electron chi connectivity index (χ2n) is 6.51. The molecular weight excluding hydrogens is 382 g/mol. The molecule has 0 fully saturated rings. The van der Waals surface area contributed by atoms with Crippen molar-refractivity contribution in [3.63, 3.8) is 0 Å². The summed E-state index contributed by atoms with van der Waals surface area (Å²) >= 11 is 0. The third-order valence-electron chi connectivity index (χ3n) is 4.51. The highest BCUT2D eigenvalue weighted by Gasteiger charge is 2.17. The van der Waals surface area contributed by atoms with Gasteiger partial charge in [0.15, 0.2) is 5.78 Å². The van der Waals surface area contributed by atoms with Gasteiger partial charge in [0, 0.05) is 23.5 Å². The van der Waals surface area contributed by atoms with Gasteiger partial charge in [0.05, 0.1) is 32.9 Å². The predicted octanol–water partition coefficient (Wildman–Crippen LogP) is 3.00. The second-order valence-corrected chi connectivity index (χ2v) is 6.51. The van der Waals surface area contributed by atoms with Crippen molar-refractivity contribution in [2.24, 2.45) is 11.0 Å². The quantitative estimate of drug-likeness (QED) is 0.415. The van der Waals surface area contributed by atoms with Crippen LogP contribution in [0.15, 0.2) is 78.2 Å². The van der Waals surface area contributed by atoms with Gasteiger partial charge in [-0.25, -0.2) is 5.43 Å². The lowest BCUT2D eigenvalue weighted by atomic mass is 10.1. The van der Waals surface area contributed by atoms with Crippen LogP contribution in [0.3, 0.4) is 0 Å². The summed E-state index contributed by atoms with van der Waals surface area (Å²) in [6, 6.07) is 14.4. The minimum atomic E-state index is -0.475. The van der Waals surface area contributed by atoms with Crippen LogP contribution in [0.1, 0.15) is 15.9 Å². The Morgan fingerprint density at radius 3 is 2.47 bits per heavy atom. The van der Waals surface area contributed by atoms with Crippen molar-refractivity contribution in [3.05, 3.63) is 84.2 Å². The van der Waals surface area contributed by atoms with E-state index in [1.54, 1.807) is 74.0 Å². The predicted molar refractivity (Wildman–Crippen MR) is 115 cm³/mol. The van der Waals surface area contributed by atoms with E-state index in [0.717, 1.165) is 0 Å². The first-order valence-electron chi connectivity index (χ1n) is 9.36. The first-order chi connectivity index (χ1) is 14.6. The lowest BCUT2D eigenvalue weighted by Crippen LogP contribution is -2.28. The zero-order valence-corrected chi connectivity index (χ0v) is 16.8. The lowest BCUT2D eigenvalue weighted by molar-refractivity contribution is -0.122. The Morgan fingerprint density at radius 1 is 1.07 bits per heavy atom. The molecule has 0 spiro atoms. The highest BCUT2D eigenvalue weighted by molar-refractivity contribution is 5.97.